The number of nitrogens with two attached hydrogens (primary N) is 1. The fraction of sp³-hybridized carbons (Fsp3) is 0.159. The fourth-order valence-electron chi connectivity index (χ4n) is 6.70. The van der Waals surface area contributed by atoms with E-state index in [0.717, 1.165) is 53.5 Å². The number of hydrogen-bond acceptors (Lipinski definition) is 6. The maximum atomic E-state index is 13.3. The summed E-state index contributed by atoms with van der Waals surface area (Å²) in [5.74, 6) is 1.45. The molecule has 0 radical (unpaired) electrons. The van der Waals surface area contributed by atoms with E-state index in [1.165, 1.54) is 5.56 Å². The lowest BCUT2D eigenvalue weighted by Crippen LogP contribution is -2.42. The van der Waals surface area contributed by atoms with Crippen molar-refractivity contribution in [2.75, 3.05) is 44.4 Å². The number of nitrogens with zero attached hydrogens (tertiary/aromatic N) is 5. The third-order valence-corrected chi connectivity index (χ3v) is 9.38. The van der Waals surface area contributed by atoms with Gasteiger partial charge in [-0.2, -0.15) is 10.2 Å². The van der Waals surface area contributed by atoms with Crippen LogP contribution < -0.4 is 16.4 Å². The second-order valence-corrected chi connectivity index (χ2v) is 13.1. The quantitative estimate of drug-likeness (QED) is 0.133. The summed E-state index contributed by atoms with van der Waals surface area (Å²) in [7, 11) is 1.72. The van der Waals surface area contributed by atoms with Crippen LogP contribution in [0.1, 0.15) is 11.5 Å². The number of rotatable bonds is 10. The molecule has 0 bridgehead atoms. The van der Waals surface area contributed by atoms with E-state index in [1.807, 2.05) is 152 Å². The molecule has 8 rings (SSSR count). The van der Waals surface area contributed by atoms with Crippen LogP contribution in [0.15, 0.2) is 164 Å². The van der Waals surface area contributed by atoms with Crippen LogP contribution in [0.2, 0.25) is 0 Å². The maximum absolute atomic E-state index is 13.3. The van der Waals surface area contributed by atoms with Crippen molar-refractivity contribution in [3.8, 4) is 33.9 Å². The molecule has 272 valence electrons. The molecule has 1 aliphatic heterocycles. The maximum Gasteiger partial charge on any atom is 0.320 e. The first kappa shape index (κ1) is 35.9. The standard InChI is InChI=1S/C29H31N5O2.C15H13N3/c1-36-18-17-33-20-25(22-11-5-2-6-12-22)27(21-33)30-29(35)31-28-19-26(23-13-7-3-8-14-23)32-34(28)24-15-9-4-10-16-24;16-15-11-14(12-7-3-1-4-8-12)17-18(15)13-9-5-2-6-10-13/h2-16,19,25,27H,17-18,20-21H2,1H3,(H2,30,31,35);1-11H,16H2/t25-,27+;/m0./s1. The van der Waals surface area contributed by atoms with Crippen molar-refractivity contribution in [2.45, 2.75) is 12.0 Å². The number of anilines is 2. The minimum absolute atomic E-state index is 0.0223. The van der Waals surface area contributed by atoms with Gasteiger partial charge in [-0.05, 0) is 29.8 Å². The van der Waals surface area contributed by atoms with E-state index in [2.05, 4.69) is 32.8 Å². The van der Waals surface area contributed by atoms with E-state index < -0.39 is 0 Å². The summed E-state index contributed by atoms with van der Waals surface area (Å²) in [5, 5.41) is 15.6. The van der Waals surface area contributed by atoms with Gasteiger partial charge in [0, 0.05) is 55.9 Å². The molecule has 2 amide bonds. The Balaban J connectivity index is 0.000000208. The zero-order valence-electron chi connectivity index (χ0n) is 30.2. The number of likely N-dealkylation sites (tertiary alicyclic amines) is 1. The second kappa shape index (κ2) is 17.4. The van der Waals surface area contributed by atoms with Crippen LogP contribution in [0.5, 0.6) is 0 Å². The molecule has 10 heteroatoms. The lowest BCUT2D eigenvalue weighted by atomic mass is 9.94. The zero-order chi connectivity index (χ0) is 37.1. The lowest BCUT2D eigenvalue weighted by molar-refractivity contribution is 0.159. The Labute approximate surface area is 315 Å². The summed E-state index contributed by atoms with van der Waals surface area (Å²) in [4.78, 5) is 15.6. The SMILES string of the molecule is COCCN1C[C@@H](NC(=O)Nc2cc(-c3ccccc3)nn2-c2ccccc2)[C@H](c2ccccc2)C1.Nc1cc(-c2ccccc2)nn1-c1ccccc1. The predicted molar refractivity (Wildman–Crippen MR) is 216 cm³/mol. The molecule has 7 aromatic rings. The molecule has 2 atom stereocenters. The van der Waals surface area contributed by atoms with Gasteiger partial charge < -0.3 is 15.8 Å². The van der Waals surface area contributed by atoms with E-state index in [0.29, 0.717) is 18.2 Å². The number of carbonyl (C=O) groups excluding carboxylic acids is 1. The van der Waals surface area contributed by atoms with Gasteiger partial charge in [-0.3, -0.25) is 10.2 Å². The summed E-state index contributed by atoms with van der Waals surface area (Å²) in [6.45, 7) is 3.14. The molecule has 0 aliphatic carbocycles. The number of benzene rings is 5. The van der Waals surface area contributed by atoms with Crippen LogP contribution in [0, 0.1) is 0 Å². The number of nitrogens with one attached hydrogen (secondary N) is 2. The average molecular weight is 717 g/mol. The molecule has 1 aliphatic rings. The molecule has 2 aromatic heterocycles. The molecule has 1 saturated heterocycles. The Bertz CT molecular complexity index is 2210. The van der Waals surface area contributed by atoms with Gasteiger partial charge in [0.2, 0.25) is 0 Å². The van der Waals surface area contributed by atoms with Gasteiger partial charge in [-0.1, -0.05) is 127 Å². The van der Waals surface area contributed by atoms with Gasteiger partial charge >= 0.3 is 6.03 Å². The van der Waals surface area contributed by atoms with Crippen LogP contribution in [-0.2, 0) is 4.74 Å². The Morgan fingerprint density at radius 1 is 0.685 bits per heavy atom. The van der Waals surface area contributed by atoms with Crippen LogP contribution in [0.3, 0.4) is 0 Å². The van der Waals surface area contributed by atoms with E-state index in [1.54, 1.807) is 16.5 Å². The predicted octanol–water partition coefficient (Wildman–Crippen LogP) is 7.90. The third-order valence-electron chi connectivity index (χ3n) is 9.38. The first-order valence-corrected chi connectivity index (χ1v) is 18.1. The Morgan fingerprint density at radius 2 is 1.19 bits per heavy atom. The number of para-hydroxylation sites is 2. The van der Waals surface area contributed by atoms with Crippen molar-refractivity contribution in [1.29, 1.82) is 0 Å². The van der Waals surface area contributed by atoms with E-state index in [-0.39, 0.29) is 18.0 Å². The lowest BCUT2D eigenvalue weighted by Gasteiger charge is -2.20. The van der Waals surface area contributed by atoms with Crippen LogP contribution in [0.25, 0.3) is 33.9 Å². The van der Waals surface area contributed by atoms with Crippen LogP contribution in [-0.4, -0.2) is 69.9 Å². The molecule has 1 fully saturated rings. The number of urea groups is 1. The molecule has 0 unspecified atom stereocenters. The van der Waals surface area contributed by atoms with Gasteiger partial charge in [-0.25, -0.2) is 14.2 Å². The normalized spacial score (nSPS) is 15.3. The van der Waals surface area contributed by atoms with Crippen LogP contribution >= 0.6 is 0 Å². The summed E-state index contributed by atoms with van der Waals surface area (Å²) >= 11 is 0. The van der Waals surface area contributed by atoms with Crippen molar-refractivity contribution in [3.63, 3.8) is 0 Å². The highest BCUT2D eigenvalue weighted by Gasteiger charge is 2.34. The van der Waals surface area contributed by atoms with Gasteiger partial charge in [0.05, 0.1) is 35.4 Å². The highest BCUT2D eigenvalue weighted by atomic mass is 16.5. The zero-order valence-corrected chi connectivity index (χ0v) is 30.2. The molecule has 54 heavy (non-hydrogen) atoms. The molecule has 0 saturated carbocycles. The van der Waals surface area contributed by atoms with E-state index >= 15 is 0 Å². The number of carbonyl (C=O) groups is 1. The second-order valence-electron chi connectivity index (χ2n) is 13.1. The molecule has 0 spiro atoms. The summed E-state index contributed by atoms with van der Waals surface area (Å²) in [5.41, 5.74) is 12.8. The van der Waals surface area contributed by atoms with Crippen molar-refractivity contribution in [1.82, 2.24) is 29.8 Å². The number of aromatic nitrogens is 4. The van der Waals surface area contributed by atoms with Gasteiger partial charge in [-0.15, -0.1) is 0 Å². The number of methoxy groups -OCH3 is 1. The molecule has 3 heterocycles. The highest BCUT2D eigenvalue weighted by Crippen LogP contribution is 2.29. The van der Waals surface area contributed by atoms with E-state index in [9.17, 15) is 4.79 Å². The molecular weight excluding hydrogens is 673 g/mol. The number of nitrogen functional groups attached to an aromatic ring is 1. The third kappa shape index (κ3) is 8.75. The largest absolute Gasteiger partial charge is 0.384 e. The number of ether oxygens (including phenoxy) is 1. The molecule has 10 nitrogen and oxygen atoms in total. The molecule has 4 N–H and O–H groups in total. The minimum Gasteiger partial charge on any atom is -0.384 e. The van der Waals surface area contributed by atoms with Crippen molar-refractivity contribution in [3.05, 3.63) is 169 Å². The Hall–Kier alpha value is -6.49. The average Bonchev–Trinajstić information content (AvgIpc) is 3.96. The Morgan fingerprint density at radius 3 is 1.76 bits per heavy atom. The minimum atomic E-state index is -0.244. The molecular formula is C44H44N8O2. The first-order chi connectivity index (χ1) is 26.6. The first-order valence-electron chi connectivity index (χ1n) is 18.1. The topological polar surface area (TPSA) is 115 Å². The fourth-order valence-corrected chi connectivity index (χ4v) is 6.70. The summed E-state index contributed by atoms with van der Waals surface area (Å²) in [6.07, 6.45) is 0. The van der Waals surface area contributed by atoms with Gasteiger partial charge in [0.25, 0.3) is 0 Å². The van der Waals surface area contributed by atoms with E-state index in [4.69, 9.17) is 15.6 Å². The van der Waals surface area contributed by atoms with Crippen molar-refractivity contribution in [2.24, 2.45) is 0 Å². The summed E-state index contributed by atoms with van der Waals surface area (Å²) in [6, 6.07) is 53.6. The monoisotopic (exact) mass is 716 g/mol. The van der Waals surface area contributed by atoms with Crippen LogP contribution in [0.4, 0.5) is 16.4 Å². The smallest absolute Gasteiger partial charge is 0.320 e. The number of amides is 2. The van der Waals surface area contributed by atoms with Crippen molar-refractivity contribution < 1.29 is 9.53 Å². The summed E-state index contributed by atoms with van der Waals surface area (Å²) < 4.78 is 8.81. The Kier molecular flexibility index (Phi) is 11.5. The number of hydrogen-bond donors (Lipinski definition) is 3. The van der Waals surface area contributed by atoms with Gasteiger partial charge in [0.1, 0.15) is 11.6 Å². The van der Waals surface area contributed by atoms with Gasteiger partial charge in [0.15, 0.2) is 0 Å². The van der Waals surface area contributed by atoms with Crippen molar-refractivity contribution >= 4 is 17.7 Å². The molecule has 5 aromatic carbocycles. The highest BCUT2D eigenvalue weighted by molar-refractivity contribution is 5.90.